The van der Waals surface area contributed by atoms with E-state index in [0.717, 1.165) is 0 Å². The highest BCUT2D eigenvalue weighted by atomic mass is 31.2. The molecule has 13 nitrogen and oxygen atoms in total. The van der Waals surface area contributed by atoms with Crippen molar-refractivity contribution < 1.29 is 37.5 Å². The lowest BCUT2D eigenvalue weighted by Gasteiger charge is -2.30. The quantitative estimate of drug-likeness (QED) is 0.618. The molecule has 4 heterocycles. The molecule has 3 N–H and O–H groups in total. The number of phosphoric ester groups is 1. The topological polar surface area (TPSA) is 170 Å². The second-order valence-electron chi connectivity index (χ2n) is 6.26. The van der Waals surface area contributed by atoms with Gasteiger partial charge < -0.3 is 20.3 Å². The van der Waals surface area contributed by atoms with Gasteiger partial charge in [-0.15, -0.1) is 0 Å². The van der Waals surface area contributed by atoms with E-state index in [0.29, 0.717) is 5.52 Å². The number of Topliss-reactive ketones (excluding diaryl/α,β-unsaturated/α-hetero) is 1. The fourth-order valence-electron chi connectivity index (χ4n) is 3.03. The number of nitrogens with zero attached hydrogens (tertiary/aromatic N) is 4. The fraction of sp³-hybridized carbons (Fsp3) is 0.571. The Labute approximate surface area is 158 Å². The Bertz CT molecular complexity index is 967. The molecule has 2 aliphatic heterocycles. The van der Waals surface area contributed by atoms with Crippen molar-refractivity contribution in [1.29, 1.82) is 0 Å². The molecule has 0 saturated carbocycles. The molecule has 0 amide bonds. The summed E-state index contributed by atoms with van der Waals surface area (Å²) in [7, 11) is -2.58. The number of ketones is 1. The first kappa shape index (κ1) is 19.2. The first-order chi connectivity index (χ1) is 13.3. The van der Waals surface area contributed by atoms with Gasteiger partial charge in [0.25, 0.3) is 0 Å². The van der Waals surface area contributed by atoms with Gasteiger partial charge >= 0.3 is 7.82 Å². The van der Waals surface area contributed by atoms with Crippen LogP contribution >= 0.6 is 7.82 Å². The van der Waals surface area contributed by atoms with Crippen LogP contribution in [-0.4, -0.2) is 69.0 Å². The van der Waals surface area contributed by atoms with Gasteiger partial charge in [0.15, 0.2) is 23.2 Å². The van der Waals surface area contributed by atoms with E-state index in [2.05, 4.69) is 15.0 Å². The Balaban J connectivity index is 1.61. The number of carbonyl (C=O) groups excluding carboxylic acids is 1. The van der Waals surface area contributed by atoms with Crippen LogP contribution in [0.25, 0.3) is 11.2 Å². The number of ether oxygens (including phenoxy) is 2. The molecule has 2 aromatic rings. The van der Waals surface area contributed by atoms with Crippen molar-refractivity contribution in [2.24, 2.45) is 0 Å². The molecule has 2 unspecified atom stereocenters. The molecule has 4 rings (SSSR count). The number of imidazole rings is 1. The van der Waals surface area contributed by atoms with Gasteiger partial charge in [0.1, 0.15) is 24.9 Å². The maximum Gasteiger partial charge on any atom is 0.475 e. The van der Waals surface area contributed by atoms with Gasteiger partial charge in [-0.3, -0.25) is 22.9 Å². The van der Waals surface area contributed by atoms with Crippen LogP contribution in [0.15, 0.2) is 6.33 Å². The summed E-state index contributed by atoms with van der Waals surface area (Å²) in [6.45, 7) is 0.687. The third-order valence-corrected chi connectivity index (χ3v) is 5.67. The molecule has 0 bridgehead atoms. The Hall–Kier alpha value is -2.15. The van der Waals surface area contributed by atoms with Crippen LogP contribution in [0.4, 0.5) is 5.95 Å². The number of hydrogen-bond acceptors (Lipinski definition) is 12. The maximum atomic E-state index is 12.5. The minimum Gasteiger partial charge on any atom is -0.479 e. The minimum atomic E-state index is -4.00. The third kappa shape index (κ3) is 3.26. The van der Waals surface area contributed by atoms with Crippen LogP contribution in [0.2, 0.25) is 0 Å². The number of fused-ring (bicyclic) bond motifs is 2. The number of methoxy groups -OCH3 is 1. The number of carbonyl (C=O) groups is 1. The number of hydrogen-bond donors (Lipinski definition) is 2. The molecule has 5 atom stereocenters. The monoisotopic (exact) mass is 415 g/mol. The number of rotatable bonds is 5. The average Bonchev–Trinajstić information content (AvgIpc) is 3.20. The van der Waals surface area contributed by atoms with Gasteiger partial charge in [0.05, 0.1) is 20.0 Å². The number of phosphoric acid groups is 1. The van der Waals surface area contributed by atoms with E-state index in [1.165, 1.54) is 24.9 Å². The number of nitrogen functional groups attached to an aromatic ring is 1. The van der Waals surface area contributed by atoms with Crippen molar-refractivity contribution in [3.63, 3.8) is 0 Å². The number of nitrogens with two attached hydrogens (primary N) is 1. The lowest BCUT2D eigenvalue weighted by atomic mass is 10.1. The molecular formula is C14H18N5O8P. The summed E-state index contributed by atoms with van der Waals surface area (Å²) in [5.74, 6) is -0.215. The molecule has 2 aromatic heterocycles. The third-order valence-electron chi connectivity index (χ3n) is 4.26. The molecule has 28 heavy (non-hydrogen) atoms. The number of aliphatic hydroxyl groups is 1. The van der Waals surface area contributed by atoms with Crippen molar-refractivity contribution in [2.45, 2.75) is 31.5 Å². The first-order valence-electron chi connectivity index (χ1n) is 8.26. The second kappa shape index (κ2) is 7.03. The van der Waals surface area contributed by atoms with Gasteiger partial charge in [-0.2, -0.15) is 9.97 Å². The molecule has 0 radical (unpaired) electrons. The van der Waals surface area contributed by atoms with Crippen molar-refractivity contribution in [3.05, 3.63) is 6.33 Å². The SMILES string of the molecule is COc1nc(N)nc2c1ncn2[C@@H]1O[C@@H]2COP(=O)(OCC(C)=O)O[C@@H]2C1O. The average molecular weight is 415 g/mol. The van der Waals surface area contributed by atoms with E-state index in [1.54, 1.807) is 0 Å². The summed E-state index contributed by atoms with van der Waals surface area (Å²) in [6, 6.07) is 0. The number of anilines is 1. The smallest absolute Gasteiger partial charge is 0.475 e. The largest absolute Gasteiger partial charge is 0.479 e. The standard InChI is InChI=1S/C14H18N5O8P/c1-6(20)3-24-28(22)25-4-7-10(27-28)9(21)13(26-7)19-5-16-8-11(19)17-14(15)18-12(8)23-2/h5,7,9-10,13,21H,3-4H2,1-2H3,(H2,15,17,18)/t7-,9?,10+,13-,28?/m1/s1. The van der Waals surface area contributed by atoms with Crippen LogP contribution in [0.5, 0.6) is 5.88 Å². The minimum absolute atomic E-state index is 0.0438. The molecule has 0 spiro atoms. The highest BCUT2D eigenvalue weighted by Gasteiger charge is 2.53. The summed E-state index contributed by atoms with van der Waals surface area (Å²) < 4.78 is 40.3. The lowest BCUT2D eigenvalue weighted by molar-refractivity contribution is -0.120. The maximum absolute atomic E-state index is 12.5. The highest BCUT2D eigenvalue weighted by Crippen LogP contribution is 2.56. The van der Waals surface area contributed by atoms with Crippen LogP contribution in [0.1, 0.15) is 13.2 Å². The number of aromatic nitrogens is 4. The zero-order chi connectivity index (χ0) is 20.1. The normalized spacial score (nSPS) is 32.4. The first-order valence-corrected chi connectivity index (χ1v) is 9.72. The van der Waals surface area contributed by atoms with E-state index >= 15 is 0 Å². The zero-order valence-electron chi connectivity index (χ0n) is 14.9. The van der Waals surface area contributed by atoms with Crippen molar-refractivity contribution in [1.82, 2.24) is 19.5 Å². The Morgan fingerprint density at radius 2 is 2.29 bits per heavy atom. The zero-order valence-corrected chi connectivity index (χ0v) is 15.8. The van der Waals surface area contributed by atoms with E-state index in [9.17, 15) is 14.5 Å². The summed E-state index contributed by atoms with van der Waals surface area (Å²) in [6.07, 6.45) is -2.56. The van der Waals surface area contributed by atoms with Gasteiger partial charge in [0.2, 0.25) is 11.8 Å². The van der Waals surface area contributed by atoms with Gasteiger partial charge in [0, 0.05) is 0 Å². The predicted octanol–water partition coefficient (Wildman–Crippen LogP) is -0.196. The Morgan fingerprint density at radius 3 is 3.00 bits per heavy atom. The summed E-state index contributed by atoms with van der Waals surface area (Å²) >= 11 is 0. The Morgan fingerprint density at radius 1 is 1.50 bits per heavy atom. The molecular weight excluding hydrogens is 397 g/mol. The van der Waals surface area contributed by atoms with Gasteiger partial charge in [-0.25, -0.2) is 9.55 Å². The van der Waals surface area contributed by atoms with Crippen LogP contribution in [-0.2, 0) is 27.7 Å². The van der Waals surface area contributed by atoms with E-state index < -0.39 is 39.0 Å². The van der Waals surface area contributed by atoms with Crippen molar-refractivity contribution in [2.75, 3.05) is 26.1 Å². The van der Waals surface area contributed by atoms with Crippen LogP contribution < -0.4 is 10.5 Å². The number of aliphatic hydroxyl groups excluding tert-OH is 1. The van der Waals surface area contributed by atoms with Gasteiger partial charge in [-0.05, 0) is 6.92 Å². The van der Waals surface area contributed by atoms with Crippen LogP contribution in [0, 0.1) is 0 Å². The highest BCUT2D eigenvalue weighted by molar-refractivity contribution is 7.48. The summed E-state index contributed by atoms with van der Waals surface area (Å²) in [5, 5.41) is 10.7. The molecule has 0 aromatic carbocycles. The summed E-state index contributed by atoms with van der Waals surface area (Å²) in [5.41, 5.74) is 6.31. The second-order valence-corrected chi connectivity index (χ2v) is 7.88. The predicted molar refractivity (Wildman–Crippen MR) is 91.3 cm³/mol. The van der Waals surface area contributed by atoms with E-state index in [-0.39, 0.29) is 29.9 Å². The molecule has 2 aliphatic rings. The molecule has 152 valence electrons. The molecule has 2 fully saturated rings. The van der Waals surface area contributed by atoms with E-state index in [1.807, 2.05) is 0 Å². The molecule has 0 aliphatic carbocycles. The Kier molecular flexibility index (Phi) is 4.81. The van der Waals surface area contributed by atoms with E-state index in [4.69, 9.17) is 28.8 Å². The lowest BCUT2D eigenvalue weighted by Crippen LogP contribution is -2.39. The van der Waals surface area contributed by atoms with Crippen molar-refractivity contribution >= 4 is 30.7 Å². The summed E-state index contributed by atoms with van der Waals surface area (Å²) in [4.78, 5) is 23.3. The molecule has 2 saturated heterocycles. The fourth-order valence-corrected chi connectivity index (χ4v) is 4.46. The van der Waals surface area contributed by atoms with Crippen LogP contribution in [0.3, 0.4) is 0 Å². The molecule has 14 heteroatoms. The van der Waals surface area contributed by atoms with Crippen molar-refractivity contribution in [3.8, 4) is 5.88 Å². The van der Waals surface area contributed by atoms with Gasteiger partial charge in [-0.1, -0.05) is 0 Å².